The van der Waals surface area contributed by atoms with Gasteiger partial charge in [-0.05, 0) is 32.1 Å². The Kier molecular flexibility index (Phi) is 4.85. The molecule has 0 atom stereocenters. The molecule has 2 N–H and O–H groups in total. The first-order valence-corrected chi connectivity index (χ1v) is 7.48. The Bertz CT molecular complexity index is 389. The van der Waals surface area contributed by atoms with E-state index in [-0.39, 0.29) is 18.0 Å². The summed E-state index contributed by atoms with van der Waals surface area (Å²) in [5.74, 6) is -0.949. The van der Waals surface area contributed by atoms with Gasteiger partial charge >= 0.3 is 12.0 Å². The standard InChI is InChI=1S/C13H19BrN2O3/c14-10-2-1-7-16(8-10)13(19)15-11-5-3-9(4-6-11)12(17)18/h2,9,11H,1,3-8H2,(H,15,19)(H,17,18). The minimum Gasteiger partial charge on any atom is -0.481 e. The van der Waals surface area contributed by atoms with E-state index in [0.717, 1.165) is 30.3 Å². The summed E-state index contributed by atoms with van der Waals surface area (Å²) in [5, 5.41) is 11.9. The van der Waals surface area contributed by atoms with Gasteiger partial charge in [-0.25, -0.2) is 4.79 Å². The Balaban J connectivity index is 1.78. The summed E-state index contributed by atoms with van der Waals surface area (Å²) in [4.78, 5) is 24.7. The molecule has 0 unspecified atom stereocenters. The summed E-state index contributed by atoms with van der Waals surface area (Å²) in [6, 6.07) is 0.0802. The van der Waals surface area contributed by atoms with Gasteiger partial charge in [0.2, 0.25) is 0 Å². The molecule has 19 heavy (non-hydrogen) atoms. The molecule has 1 aliphatic heterocycles. The first-order valence-electron chi connectivity index (χ1n) is 6.69. The molecule has 1 fully saturated rings. The van der Waals surface area contributed by atoms with Crippen molar-refractivity contribution in [2.75, 3.05) is 13.1 Å². The van der Waals surface area contributed by atoms with Crippen LogP contribution < -0.4 is 5.32 Å². The van der Waals surface area contributed by atoms with Crippen LogP contribution in [0.2, 0.25) is 0 Å². The van der Waals surface area contributed by atoms with Crippen LogP contribution in [-0.2, 0) is 4.79 Å². The molecule has 0 bridgehead atoms. The molecule has 106 valence electrons. The van der Waals surface area contributed by atoms with Crippen LogP contribution in [0, 0.1) is 5.92 Å². The number of carboxylic acids is 1. The fourth-order valence-corrected chi connectivity index (χ4v) is 3.16. The zero-order valence-electron chi connectivity index (χ0n) is 10.8. The van der Waals surface area contributed by atoms with Crippen molar-refractivity contribution >= 4 is 27.9 Å². The lowest BCUT2D eigenvalue weighted by Crippen LogP contribution is -2.47. The van der Waals surface area contributed by atoms with Crippen LogP contribution >= 0.6 is 15.9 Å². The Labute approximate surface area is 121 Å². The lowest BCUT2D eigenvalue weighted by Gasteiger charge is -2.31. The second kappa shape index (κ2) is 6.41. The highest BCUT2D eigenvalue weighted by Gasteiger charge is 2.28. The van der Waals surface area contributed by atoms with E-state index >= 15 is 0 Å². The third kappa shape index (κ3) is 3.96. The molecule has 2 rings (SSSR count). The fraction of sp³-hybridized carbons (Fsp3) is 0.692. The van der Waals surface area contributed by atoms with Gasteiger partial charge in [0.05, 0.1) is 12.5 Å². The van der Waals surface area contributed by atoms with Crippen LogP contribution in [-0.4, -0.2) is 41.1 Å². The van der Waals surface area contributed by atoms with Crippen LogP contribution in [0.4, 0.5) is 4.79 Å². The summed E-state index contributed by atoms with van der Waals surface area (Å²) < 4.78 is 1.04. The largest absolute Gasteiger partial charge is 0.481 e. The highest BCUT2D eigenvalue weighted by atomic mass is 79.9. The smallest absolute Gasteiger partial charge is 0.317 e. The van der Waals surface area contributed by atoms with Crippen molar-refractivity contribution in [3.05, 3.63) is 10.6 Å². The van der Waals surface area contributed by atoms with Gasteiger partial charge in [-0.15, -0.1) is 0 Å². The lowest BCUT2D eigenvalue weighted by molar-refractivity contribution is -0.142. The molecule has 0 aromatic rings. The Morgan fingerprint density at radius 2 is 2.00 bits per heavy atom. The molecule has 0 aromatic carbocycles. The van der Waals surface area contributed by atoms with Gasteiger partial charge in [0, 0.05) is 17.1 Å². The molecule has 0 spiro atoms. The second-order valence-corrected chi connectivity index (χ2v) is 6.22. The maximum Gasteiger partial charge on any atom is 0.317 e. The SMILES string of the molecule is O=C(O)C1CCC(NC(=O)N2CCC=C(Br)C2)CC1. The predicted octanol–water partition coefficient (Wildman–Crippen LogP) is 2.32. The van der Waals surface area contributed by atoms with Crippen LogP contribution in [0.5, 0.6) is 0 Å². The maximum absolute atomic E-state index is 12.1. The molecule has 5 nitrogen and oxygen atoms in total. The van der Waals surface area contributed by atoms with E-state index < -0.39 is 5.97 Å². The topological polar surface area (TPSA) is 69.6 Å². The number of halogens is 1. The van der Waals surface area contributed by atoms with Gasteiger partial charge in [-0.1, -0.05) is 22.0 Å². The Morgan fingerprint density at radius 3 is 2.58 bits per heavy atom. The van der Waals surface area contributed by atoms with Crippen molar-refractivity contribution in [1.82, 2.24) is 10.2 Å². The summed E-state index contributed by atoms with van der Waals surface area (Å²) in [7, 11) is 0. The lowest BCUT2D eigenvalue weighted by atomic mass is 9.86. The van der Waals surface area contributed by atoms with Crippen molar-refractivity contribution in [2.45, 2.75) is 38.1 Å². The molecular formula is C13H19BrN2O3. The quantitative estimate of drug-likeness (QED) is 0.816. The molecule has 2 amide bonds. The van der Waals surface area contributed by atoms with Gasteiger partial charge in [-0.2, -0.15) is 0 Å². The number of urea groups is 1. The normalized spacial score (nSPS) is 27.6. The van der Waals surface area contributed by atoms with Crippen molar-refractivity contribution < 1.29 is 14.7 Å². The number of nitrogens with one attached hydrogen (secondary N) is 1. The van der Waals surface area contributed by atoms with E-state index in [9.17, 15) is 9.59 Å². The van der Waals surface area contributed by atoms with E-state index in [0.29, 0.717) is 19.4 Å². The van der Waals surface area contributed by atoms with Crippen LogP contribution in [0.15, 0.2) is 10.6 Å². The Hall–Kier alpha value is -1.04. The molecule has 6 heteroatoms. The zero-order chi connectivity index (χ0) is 13.8. The third-order valence-corrected chi connectivity index (χ3v) is 4.37. The first kappa shape index (κ1) is 14.4. The van der Waals surface area contributed by atoms with Crippen LogP contribution in [0.3, 0.4) is 0 Å². The number of rotatable bonds is 2. The van der Waals surface area contributed by atoms with E-state index in [1.165, 1.54) is 0 Å². The van der Waals surface area contributed by atoms with E-state index in [1.54, 1.807) is 4.90 Å². The van der Waals surface area contributed by atoms with E-state index in [4.69, 9.17) is 5.11 Å². The average Bonchev–Trinajstić information content (AvgIpc) is 2.39. The number of nitrogens with zero attached hydrogens (tertiary/aromatic N) is 1. The molecule has 2 aliphatic rings. The average molecular weight is 331 g/mol. The predicted molar refractivity (Wildman–Crippen MR) is 75.1 cm³/mol. The highest BCUT2D eigenvalue weighted by Crippen LogP contribution is 2.24. The molecule has 1 heterocycles. The van der Waals surface area contributed by atoms with Gasteiger partial charge in [0.15, 0.2) is 0 Å². The summed E-state index contributed by atoms with van der Waals surface area (Å²) >= 11 is 3.42. The molecule has 0 saturated heterocycles. The van der Waals surface area contributed by atoms with Gasteiger partial charge < -0.3 is 15.3 Å². The van der Waals surface area contributed by atoms with Gasteiger partial charge in [0.1, 0.15) is 0 Å². The third-order valence-electron chi connectivity index (χ3n) is 3.80. The molecule has 1 aliphatic carbocycles. The number of hydrogen-bond donors (Lipinski definition) is 2. The number of carboxylic acid groups (broad SMARTS) is 1. The molecule has 1 saturated carbocycles. The van der Waals surface area contributed by atoms with Crippen LogP contribution in [0.1, 0.15) is 32.1 Å². The van der Waals surface area contributed by atoms with Gasteiger partial charge in [0.25, 0.3) is 0 Å². The summed E-state index contributed by atoms with van der Waals surface area (Å²) in [6.07, 6.45) is 5.79. The number of carbonyl (C=O) groups excluding carboxylic acids is 1. The number of carbonyl (C=O) groups is 2. The zero-order valence-corrected chi connectivity index (χ0v) is 12.4. The van der Waals surface area contributed by atoms with Crippen molar-refractivity contribution in [1.29, 1.82) is 0 Å². The minimum absolute atomic E-state index is 0.0381. The first-order chi connectivity index (χ1) is 9.06. The van der Waals surface area contributed by atoms with Gasteiger partial charge in [-0.3, -0.25) is 4.79 Å². The summed E-state index contributed by atoms with van der Waals surface area (Å²) in [5.41, 5.74) is 0. The minimum atomic E-state index is -0.713. The Morgan fingerprint density at radius 1 is 1.32 bits per heavy atom. The van der Waals surface area contributed by atoms with Crippen molar-refractivity contribution in [2.24, 2.45) is 5.92 Å². The van der Waals surface area contributed by atoms with Crippen LogP contribution in [0.25, 0.3) is 0 Å². The molecule has 0 aromatic heterocycles. The van der Waals surface area contributed by atoms with Crippen molar-refractivity contribution in [3.63, 3.8) is 0 Å². The second-order valence-electron chi connectivity index (χ2n) is 5.20. The fourth-order valence-electron chi connectivity index (χ4n) is 2.63. The van der Waals surface area contributed by atoms with Crippen molar-refractivity contribution in [3.8, 4) is 0 Å². The number of amides is 2. The van der Waals surface area contributed by atoms with E-state index in [1.807, 2.05) is 0 Å². The maximum atomic E-state index is 12.1. The highest BCUT2D eigenvalue weighted by molar-refractivity contribution is 9.11. The molecule has 0 radical (unpaired) electrons. The van der Waals surface area contributed by atoms with E-state index in [2.05, 4.69) is 27.3 Å². The number of aliphatic carboxylic acids is 1. The monoisotopic (exact) mass is 330 g/mol. The molecular weight excluding hydrogens is 312 g/mol. The number of hydrogen-bond acceptors (Lipinski definition) is 2. The summed E-state index contributed by atoms with van der Waals surface area (Å²) in [6.45, 7) is 1.36.